The maximum Gasteiger partial charge on any atom is 0.251 e. The molecule has 24 heavy (non-hydrogen) atoms. The summed E-state index contributed by atoms with van der Waals surface area (Å²) < 4.78 is 0. The fourth-order valence-electron chi connectivity index (χ4n) is 2.68. The van der Waals surface area contributed by atoms with E-state index in [9.17, 15) is 9.59 Å². The molecule has 1 unspecified atom stereocenters. The minimum atomic E-state index is -0.788. The summed E-state index contributed by atoms with van der Waals surface area (Å²) in [5.74, 6) is -0.214. The Balaban J connectivity index is 1.58. The number of hydrogen-bond acceptors (Lipinski definition) is 4. The van der Waals surface area contributed by atoms with E-state index in [2.05, 4.69) is 10.3 Å². The van der Waals surface area contributed by atoms with Crippen molar-refractivity contribution in [2.24, 2.45) is 0 Å². The van der Waals surface area contributed by atoms with Crippen LogP contribution in [-0.4, -0.2) is 33.8 Å². The number of aromatic nitrogens is 1. The maximum absolute atomic E-state index is 12.5. The Morgan fingerprint density at radius 3 is 2.79 bits per heavy atom. The van der Waals surface area contributed by atoms with Gasteiger partial charge in [-0.25, -0.2) is 4.98 Å². The van der Waals surface area contributed by atoms with Crippen molar-refractivity contribution < 1.29 is 9.59 Å². The predicted octanol–water partition coefficient (Wildman–Crippen LogP) is 3.18. The van der Waals surface area contributed by atoms with Gasteiger partial charge in [0.15, 0.2) is 5.13 Å². The highest BCUT2D eigenvalue weighted by atomic mass is 32.1. The van der Waals surface area contributed by atoms with E-state index in [1.54, 1.807) is 23.4 Å². The minimum absolute atomic E-state index is 0.0368. The topological polar surface area (TPSA) is 62.3 Å². The average molecular weight is 341 g/mol. The van der Waals surface area contributed by atoms with E-state index >= 15 is 0 Å². The lowest BCUT2D eigenvalue weighted by Crippen LogP contribution is -2.66. The first-order valence-corrected chi connectivity index (χ1v) is 8.70. The van der Waals surface area contributed by atoms with Crippen LogP contribution in [0, 0.1) is 0 Å². The second-order valence-electron chi connectivity index (χ2n) is 5.88. The number of carbonyl (C=O) groups excluding carboxylic acids is 2. The summed E-state index contributed by atoms with van der Waals surface area (Å²) in [5, 5.41) is 5.15. The molecule has 1 saturated heterocycles. The molecule has 0 bridgehead atoms. The number of carbonyl (C=O) groups is 2. The lowest BCUT2D eigenvalue weighted by Gasteiger charge is -2.48. The number of nitrogens with zero attached hydrogens (tertiary/aromatic N) is 2. The molecule has 1 N–H and O–H groups in total. The Labute approximate surface area is 145 Å². The van der Waals surface area contributed by atoms with Gasteiger partial charge in [-0.05, 0) is 18.9 Å². The Kier molecular flexibility index (Phi) is 4.76. The van der Waals surface area contributed by atoms with E-state index in [0.29, 0.717) is 18.1 Å². The number of amides is 2. The van der Waals surface area contributed by atoms with Crippen molar-refractivity contribution in [1.29, 1.82) is 0 Å². The molecule has 1 fully saturated rings. The molecule has 1 aliphatic rings. The van der Waals surface area contributed by atoms with Crippen LogP contribution < -0.4 is 5.32 Å². The fraction of sp³-hybridized carbons (Fsp3) is 0.278. The summed E-state index contributed by atoms with van der Waals surface area (Å²) in [5.41, 5.74) is 0.266. The highest BCUT2D eigenvalue weighted by Crippen LogP contribution is 2.32. The molecule has 1 aliphatic heterocycles. The Bertz CT molecular complexity index is 743. The molecular weight excluding hydrogens is 322 g/mol. The van der Waals surface area contributed by atoms with Crippen LogP contribution in [0.15, 0.2) is 48.0 Å². The van der Waals surface area contributed by atoms with Gasteiger partial charge in [0.1, 0.15) is 5.54 Å². The maximum atomic E-state index is 12.5. The number of thiazole rings is 1. The van der Waals surface area contributed by atoms with E-state index in [1.165, 1.54) is 11.3 Å². The number of rotatable bonds is 5. The zero-order valence-electron chi connectivity index (χ0n) is 13.4. The first-order valence-electron chi connectivity index (χ1n) is 7.82. The lowest BCUT2D eigenvalue weighted by atomic mass is 9.85. The highest BCUT2D eigenvalue weighted by molar-refractivity contribution is 7.13. The van der Waals surface area contributed by atoms with Gasteiger partial charge >= 0.3 is 0 Å². The van der Waals surface area contributed by atoms with Crippen molar-refractivity contribution in [2.75, 3.05) is 11.9 Å². The van der Waals surface area contributed by atoms with Crippen molar-refractivity contribution in [3.8, 4) is 0 Å². The predicted molar refractivity (Wildman–Crippen MR) is 95.6 cm³/mol. The summed E-state index contributed by atoms with van der Waals surface area (Å²) in [4.78, 5) is 30.6. The van der Waals surface area contributed by atoms with Crippen molar-refractivity contribution in [3.63, 3.8) is 0 Å². The molecule has 1 atom stereocenters. The van der Waals surface area contributed by atoms with Crippen LogP contribution in [0.25, 0.3) is 6.08 Å². The first-order chi connectivity index (χ1) is 11.6. The second-order valence-corrected chi connectivity index (χ2v) is 6.77. The third kappa shape index (κ3) is 3.38. The molecule has 0 spiro atoms. The molecule has 6 heteroatoms. The molecule has 2 amide bonds. The molecule has 0 saturated carbocycles. The van der Waals surface area contributed by atoms with E-state index in [4.69, 9.17) is 0 Å². The van der Waals surface area contributed by atoms with Crippen LogP contribution in [0.5, 0.6) is 0 Å². The van der Waals surface area contributed by atoms with E-state index in [1.807, 2.05) is 42.5 Å². The van der Waals surface area contributed by atoms with Gasteiger partial charge in [-0.15, -0.1) is 11.3 Å². The lowest BCUT2D eigenvalue weighted by molar-refractivity contribution is -0.154. The van der Waals surface area contributed by atoms with Gasteiger partial charge in [0.05, 0.1) is 0 Å². The summed E-state index contributed by atoms with van der Waals surface area (Å²) in [6.07, 6.45) is 6.36. The molecule has 1 aromatic carbocycles. The molecule has 0 aliphatic carbocycles. The molecule has 1 aromatic heterocycles. The summed E-state index contributed by atoms with van der Waals surface area (Å²) in [6, 6.07) is 9.83. The third-order valence-electron chi connectivity index (χ3n) is 4.26. The van der Waals surface area contributed by atoms with Gasteiger partial charge in [0.2, 0.25) is 5.91 Å². The zero-order chi connectivity index (χ0) is 17.0. The van der Waals surface area contributed by atoms with Gasteiger partial charge in [0, 0.05) is 24.5 Å². The van der Waals surface area contributed by atoms with Crippen molar-refractivity contribution >= 4 is 34.4 Å². The summed E-state index contributed by atoms with van der Waals surface area (Å²) >= 11 is 1.37. The number of hydrogen-bond donors (Lipinski definition) is 1. The largest absolute Gasteiger partial charge is 0.328 e. The molecule has 0 radical (unpaired) electrons. The zero-order valence-corrected chi connectivity index (χ0v) is 14.3. The van der Waals surface area contributed by atoms with Crippen LogP contribution >= 0.6 is 11.3 Å². The highest BCUT2D eigenvalue weighted by Gasteiger charge is 2.49. The summed E-state index contributed by atoms with van der Waals surface area (Å²) in [6.45, 7) is 2.41. The molecule has 124 valence electrons. The molecular formula is C18H19N3O2S. The van der Waals surface area contributed by atoms with Gasteiger partial charge in [-0.2, -0.15) is 0 Å². The van der Waals surface area contributed by atoms with Crippen molar-refractivity contribution in [3.05, 3.63) is 53.5 Å². The number of anilines is 1. The Hall–Kier alpha value is -2.47. The molecule has 2 aromatic rings. The van der Waals surface area contributed by atoms with Crippen LogP contribution in [-0.2, 0) is 9.59 Å². The first kappa shape index (κ1) is 16.4. The van der Waals surface area contributed by atoms with Crippen LogP contribution in [0.3, 0.4) is 0 Å². The van der Waals surface area contributed by atoms with Crippen molar-refractivity contribution in [1.82, 2.24) is 9.88 Å². The Morgan fingerprint density at radius 2 is 2.17 bits per heavy atom. The van der Waals surface area contributed by atoms with Gasteiger partial charge in [0.25, 0.3) is 5.91 Å². The fourth-order valence-corrected chi connectivity index (χ4v) is 3.21. The number of likely N-dealkylation sites (tertiary alicyclic amines) is 1. The molecule has 5 nitrogen and oxygen atoms in total. The molecule has 3 rings (SSSR count). The van der Waals surface area contributed by atoms with Crippen LogP contribution in [0.2, 0.25) is 0 Å². The molecule has 2 heterocycles. The number of nitrogens with one attached hydrogen (secondary N) is 1. The van der Waals surface area contributed by atoms with E-state index in [0.717, 1.165) is 5.56 Å². The average Bonchev–Trinajstić information content (AvgIpc) is 3.07. The van der Waals surface area contributed by atoms with Crippen LogP contribution in [0.4, 0.5) is 5.13 Å². The second kappa shape index (κ2) is 6.97. The van der Waals surface area contributed by atoms with Gasteiger partial charge < -0.3 is 4.90 Å². The number of benzene rings is 1. The van der Waals surface area contributed by atoms with Gasteiger partial charge in [-0.3, -0.25) is 14.9 Å². The quantitative estimate of drug-likeness (QED) is 0.908. The normalized spacial score (nSPS) is 20.0. The van der Waals surface area contributed by atoms with E-state index in [-0.39, 0.29) is 18.2 Å². The minimum Gasteiger partial charge on any atom is -0.328 e. The Morgan fingerprint density at radius 1 is 1.38 bits per heavy atom. The van der Waals surface area contributed by atoms with Crippen molar-refractivity contribution in [2.45, 2.75) is 25.3 Å². The SMILES string of the molecule is CC1(C(=O)Nc2nccs2)CCN1C(=O)C/C=C/c1ccccc1. The summed E-state index contributed by atoms with van der Waals surface area (Å²) in [7, 11) is 0. The van der Waals surface area contributed by atoms with Gasteiger partial charge in [-0.1, -0.05) is 42.5 Å². The van der Waals surface area contributed by atoms with E-state index < -0.39 is 5.54 Å². The standard InChI is InChI=1S/C18H19N3O2S/c1-18(16(23)20-17-19-11-13-24-17)10-12-21(18)15(22)9-5-8-14-6-3-2-4-7-14/h2-8,11,13H,9-10,12H2,1H3,(H,19,20,23)/b8-5+. The smallest absolute Gasteiger partial charge is 0.251 e. The van der Waals surface area contributed by atoms with Crippen LogP contribution in [0.1, 0.15) is 25.3 Å². The third-order valence-corrected chi connectivity index (χ3v) is 4.95. The monoisotopic (exact) mass is 341 g/mol.